The van der Waals surface area contributed by atoms with Crippen molar-refractivity contribution in [2.24, 2.45) is 0 Å². The molecule has 27 heavy (non-hydrogen) atoms. The number of hydrogen-bond acceptors (Lipinski definition) is 1. The highest BCUT2D eigenvalue weighted by Crippen LogP contribution is 2.22. The topological polar surface area (TPSA) is 9.23 Å². The van der Waals surface area contributed by atoms with Crippen LogP contribution in [0, 0.1) is 5.82 Å². The Morgan fingerprint density at radius 2 is 1.67 bits per heavy atom. The Morgan fingerprint density at radius 3 is 2.33 bits per heavy atom. The van der Waals surface area contributed by atoms with E-state index in [4.69, 9.17) is 4.74 Å². The highest BCUT2D eigenvalue weighted by molar-refractivity contribution is 5.70. The Morgan fingerprint density at radius 1 is 0.926 bits per heavy atom. The van der Waals surface area contributed by atoms with Gasteiger partial charge in [0.1, 0.15) is 11.6 Å². The smallest absolute Gasteiger partial charge is 0.130 e. The molecule has 0 saturated carbocycles. The molecule has 0 N–H and O–H groups in total. The summed E-state index contributed by atoms with van der Waals surface area (Å²) in [6.45, 7) is 4.78. The van der Waals surface area contributed by atoms with Gasteiger partial charge in [0.15, 0.2) is 0 Å². The number of benzene rings is 3. The van der Waals surface area contributed by atoms with E-state index in [0.29, 0.717) is 18.1 Å². The Labute approximate surface area is 161 Å². The van der Waals surface area contributed by atoms with E-state index in [1.807, 2.05) is 73.7 Å². The third-order valence-corrected chi connectivity index (χ3v) is 4.62. The molecule has 1 nitrogen and oxygen atoms in total. The lowest BCUT2D eigenvalue weighted by Crippen LogP contribution is -1.99. The van der Waals surface area contributed by atoms with Crippen molar-refractivity contribution in [3.63, 3.8) is 0 Å². The fourth-order valence-electron chi connectivity index (χ4n) is 3.11. The van der Waals surface area contributed by atoms with E-state index >= 15 is 0 Å². The lowest BCUT2D eigenvalue weighted by Gasteiger charge is -2.12. The largest absolute Gasteiger partial charge is 0.494 e. The second-order valence-corrected chi connectivity index (χ2v) is 6.71. The second-order valence-electron chi connectivity index (χ2n) is 6.71. The van der Waals surface area contributed by atoms with Gasteiger partial charge in [-0.3, -0.25) is 0 Å². The molecule has 3 rings (SSSR count). The van der Waals surface area contributed by atoms with Crippen molar-refractivity contribution < 1.29 is 9.13 Å². The van der Waals surface area contributed by atoms with E-state index in [1.165, 1.54) is 5.56 Å². The molecule has 0 aromatic heterocycles. The quantitative estimate of drug-likeness (QED) is 0.424. The average molecular weight is 360 g/mol. The van der Waals surface area contributed by atoms with Crippen LogP contribution in [0.25, 0.3) is 12.2 Å². The van der Waals surface area contributed by atoms with Gasteiger partial charge in [-0.2, -0.15) is 0 Å². The minimum atomic E-state index is -0.185. The zero-order valence-electron chi connectivity index (χ0n) is 15.9. The average Bonchev–Trinajstić information content (AvgIpc) is 2.69. The first-order chi connectivity index (χ1) is 13.2. The molecule has 0 bridgehead atoms. The Kier molecular flexibility index (Phi) is 6.43. The van der Waals surface area contributed by atoms with Crippen molar-refractivity contribution in [1.82, 2.24) is 0 Å². The molecular formula is C25H25FO. The zero-order chi connectivity index (χ0) is 19.1. The van der Waals surface area contributed by atoms with Crippen molar-refractivity contribution in [2.45, 2.75) is 26.2 Å². The fraction of sp³-hybridized carbons (Fsp3) is 0.200. The van der Waals surface area contributed by atoms with Gasteiger partial charge in [0.25, 0.3) is 0 Å². The van der Waals surface area contributed by atoms with E-state index < -0.39 is 0 Å². The minimum Gasteiger partial charge on any atom is -0.494 e. The summed E-state index contributed by atoms with van der Waals surface area (Å²) < 4.78 is 19.9. The summed E-state index contributed by atoms with van der Waals surface area (Å²) in [5.74, 6) is 1.02. The molecule has 0 aliphatic heterocycles. The van der Waals surface area contributed by atoms with Crippen molar-refractivity contribution in [3.05, 3.63) is 101 Å². The number of hydrogen-bond donors (Lipinski definition) is 0. The number of rotatable bonds is 7. The van der Waals surface area contributed by atoms with Gasteiger partial charge in [-0.1, -0.05) is 73.7 Å². The summed E-state index contributed by atoms with van der Waals surface area (Å²) >= 11 is 0. The van der Waals surface area contributed by atoms with Crippen LogP contribution in [-0.4, -0.2) is 6.61 Å². The molecule has 0 amide bonds. The van der Waals surface area contributed by atoms with E-state index in [2.05, 4.69) is 19.1 Å². The van der Waals surface area contributed by atoms with Gasteiger partial charge < -0.3 is 4.74 Å². The molecule has 0 aliphatic rings. The van der Waals surface area contributed by atoms with Gasteiger partial charge in [-0.25, -0.2) is 4.39 Å². The van der Waals surface area contributed by atoms with Crippen LogP contribution in [0.4, 0.5) is 4.39 Å². The number of halogens is 1. The van der Waals surface area contributed by atoms with Gasteiger partial charge in [0, 0.05) is 5.56 Å². The third-order valence-electron chi connectivity index (χ3n) is 4.62. The third kappa shape index (κ3) is 5.30. The van der Waals surface area contributed by atoms with Crippen LogP contribution in [0.3, 0.4) is 0 Å². The van der Waals surface area contributed by atoms with Crippen LogP contribution in [0.2, 0.25) is 0 Å². The minimum absolute atomic E-state index is 0.185. The Balaban J connectivity index is 1.67. The predicted molar refractivity (Wildman–Crippen MR) is 112 cm³/mol. The highest BCUT2D eigenvalue weighted by Gasteiger charge is 2.08. The first-order valence-corrected chi connectivity index (χ1v) is 9.40. The standard InChI is InChI=1S/C25H25FO/c1-3-27-24-15-11-20(12-16-24)9-13-23-14-10-21(18-25(23)26)17-19(2)22-7-5-4-6-8-22/h4-16,18-19H,3,17H2,1-2H3/b13-9+. The summed E-state index contributed by atoms with van der Waals surface area (Å²) in [4.78, 5) is 0. The summed E-state index contributed by atoms with van der Waals surface area (Å²) in [6.07, 6.45) is 4.56. The first kappa shape index (κ1) is 18.9. The lowest BCUT2D eigenvalue weighted by atomic mass is 9.93. The molecule has 3 aromatic rings. The molecule has 0 spiro atoms. The van der Waals surface area contributed by atoms with Crippen LogP contribution >= 0.6 is 0 Å². The highest BCUT2D eigenvalue weighted by atomic mass is 19.1. The normalized spacial score (nSPS) is 12.3. The Hall–Kier alpha value is -2.87. The van der Waals surface area contributed by atoms with E-state index in [9.17, 15) is 4.39 Å². The van der Waals surface area contributed by atoms with E-state index in [1.54, 1.807) is 6.07 Å². The summed E-state index contributed by atoms with van der Waals surface area (Å²) in [6, 6.07) is 23.6. The SMILES string of the molecule is CCOc1ccc(/C=C/c2ccc(CC(C)c3ccccc3)cc2F)cc1. The maximum atomic E-state index is 14.5. The molecule has 0 aliphatic carbocycles. The molecule has 0 heterocycles. The lowest BCUT2D eigenvalue weighted by molar-refractivity contribution is 0.340. The van der Waals surface area contributed by atoms with Gasteiger partial charge in [-0.05, 0) is 54.2 Å². The van der Waals surface area contributed by atoms with E-state index in [0.717, 1.165) is 23.3 Å². The Bertz CT molecular complexity index is 882. The molecule has 1 unspecified atom stereocenters. The van der Waals surface area contributed by atoms with Crippen LogP contribution < -0.4 is 4.74 Å². The second kappa shape index (κ2) is 9.18. The van der Waals surface area contributed by atoms with Crippen molar-refractivity contribution in [2.75, 3.05) is 6.61 Å². The monoisotopic (exact) mass is 360 g/mol. The predicted octanol–water partition coefficient (Wildman–Crippen LogP) is 6.74. The van der Waals surface area contributed by atoms with Crippen molar-refractivity contribution in [3.8, 4) is 5.75 Å². The molecule has 1 atom stereocenters. The van der Waals surface area contributed by atoms with Crippen LogP contribution in [0.1, 0.15) is 42.0 Å². The molecule has 0 saturated heterocycles. The van der Waals surface area contributed by atoms with Gasteiger partial charge in [0.2, 0.25) is 0 Å². The molecule has 138 valence electrons. The molecule has 2 heteroatoms. The maximum absolute atomic E-state index is 14.5. The summed E-state index contributed by atoms with van der Waals surface area (Å²) in [5.41, 5.74) is 3.90. The van der Waals surface area contributed by atoms with Gasteiger partial charge in [-0.15, -0.1) is 0 Å². The fourth-order valence-corrected chi connectivity index (χ4v) is 3.11. The first-order valence-electron chi connectivity index (χ1n) is 9.40. The summed E-state index contributed by atoms with van der Waals surface area (Å²) in [7, 11) is 0. The maximum Gasteiger partial charge on any atom is 0.130 e. The molecular weight excluding hydrogens is 335 g/mol. The van der Waals surface area contributed by atoms with Crippen LogP contribution in [-0.2, 0) is 6.42 Å². The number of ether oxygens (including phenoxy) is 1. The summed E-state index contributed by atoms with van der Waals surface area (Å²) in [5, 5.41) is 0. The molecule has 3 aromatic carbocycles. The van der Waals surface area contributed by atoms with Crippen molar-refractivity contribution >= 4 is 12.2 Å². The molecule has 0 fully saturated rings. The zero-order valence-corrected chi connectivity index (χ0v) is 15.9. The van der Waals surface area contributed by atoms with Gasteiger partial charge in [0.05, 0.1) is 6.61 Å². The van der Waals surface area contributed by atoms with Gasteiger partial charge >= 0.3 is 0 Å². The van der Waals surface area contributed by atoms with E-state index in [-0.39, 0.29) is 5.82 Å². The van der Waals surface area contributed by atoms with Crippen LogP contribution in [0.5, 0.6) is 5.75 Å². The van der Waals surface area contributed by atoms with Crippen LogP contribution in [0.15, 0.2) is 72.8 Å². The van der Waals surface area contributed by atoms with Crippen molar-refractivity contribution in [1.29, 1.82) is 0 Å². The molecule has 0 radical (unpaired) electrons.